The van der Waals surface area contributed by atoms with Gasteiger partial charge in [0.2, 0.25) is 0 Å². The molecule has 0 spiro atoms. The molecule has 0 atom stereocenters. The molecule has 0 heterocycles. The molecule has 0 rings (SSSR count). The topological polar surface area (TPSA) is 26.3 Å². The van der Waals surface area contributed by atoms with Crippen molar-refractivity contribution in [1.29, 1.82) is 0 Å². The van der Waals surface area contributed by atoms with Gasteiger partial charge >= 0.3 is 5.97 Å². The molecule has 0 aliphatic rings. The smallest absolute Gasteiger partial charge is 0.309 e. The van der Waals surface area contributed by atoms with Crippen molar-refractivity contribution in [2.45, 2.75) is 47.0 Å². The highest BCUT2D eigenvalue weighted by molar-refractivity contribution is 5.73. The SMILES string of the molecule is C#C.CC.CC/C=C\C(=C/CC)CC(=O)OC. The summed E-state index contributed by atoms with van der Waals surface area (Å²) in [5.74, 6) is -0.180. The van der Waals surface area contributed by atoms with Gasteiger partial charge in [-0.3, -0.25) is 4.79 Å². The molecular weight excluding hydrogens is 212 g/mol. The van der Waals surface area contributed by atoms with Crippen LogP contribution in [0.1, 0.15) is 47.0 Å². The lowest BCUT2D eigenvalue weighted by molar-refractivity contribution is -0.139. The fourth-order valence-electron chi connectivity index (χ4n) is 0.969. The van der Waals surface area contributed by atoms with E-state index in [4.69, 9.17) is 0 Å². The van der Waals surface area contributed by atoms with Crippen LogP contribution < -0.4 is 0 Å². The van der Waals surface area contributed by atoms with Gasteiger partial charge in [0.15, 0.2) is 0 Å². The van der Waals surface area contributed by atoms with Gasteiger partial charge in [0.25, 0.3) is 0 Å². The summed E-state index contributed by atoms with van der Waals surface area (Å²) in [5, 5.41) is 0. The first-order valence-electron chi connectivity index (χ1n) is 6.00. The second kappa shape index (κ2) is 20.0. The number of allylic oxidation sites excluding steroid dienone is 3. The third-order valence-electron chi connectivity index (χ3n) is 1.61. The van der Waals surface area contributed by atoms with Gasteiger partial charge in [0.1, 0.15) is 0 Å². The van der Waals surface area contributed by atoms with Crippen molar-refractivity contribution < 1.29 is 9.53 Å². The maximum absolute atomic E-state index is 11.0. The van der Waals surface area contributed by atoms with E-state index in [1.54, 1.807) is 0 Å². The minimum absolute atomic E-state index is 0.180. The second-order valence-electron chi connectivity index (χ2n) is 2.75. The molecule has 0 radical (unpaired) electrons. The van der Waals surface area contributed by atoms with Crippen molar-refractivity contribution >= 4 is 5.97 Å². The number of methoxy groups -OCH3 is 1. The van der Waals surface area contributed by atoms with Crippen LogP contribution in [0.5, 0.6) is 0 Å². The third kappa shape index (κ3) is 17.1. The molecule has 0 fully saturated rings. The minimum Gasteiger partial charge on any atom is -0.469 e. The highest BCUT2D eigenvalue weighted by Gasteiger charge is 2.01. The van der Waals surface area contributed by atoms with Crippen LogP contribution in [0.4, 0.5) is 0 Å². The minimum atomic E-state index is -0.180. The van der Waals surface area contributed by atoms with Gasteiger partial charge in [0, 0.05) is 0 Å². The fraction of sp³-hybridized carbons (Fsp3) is 0.533. The predicted octanol–water partition coefficient (Wildman–Crippen LogP) is 4.13. The van der Waals surface area contributed by atoms with Gasteiger partial charge in [-0.05, 0) is 18.4 Å². The lowest BCUT2D eigenvalue weighted by atomic mass is 10.1. The first kappa shape index (κ1) is 20.9. The van der Waals surface area contributed by atoms with E-state index in [1.165, 1.54) is 7.11 Å². The zero-order valence-electron chi connectivity index (χ0n) is 11.8. The van der Waals surface area contributed by atoms with Crippen LogP contribution in [0.2, 0.25) is 0 Å². The molecule has 0 aromatic carbocycles. The third-order valence-corrected chi connectivity index (χ3v) is 1.61. The summed E-state index contributed by atoms with van der Waals surface area (Å²) in [6.45, 7) is 8.12. The fourth-order valence-corrected chi connectivity index (χ4v) is 0.969. The van der Waals surface area contributed by atoms with Gasteiger partial charge in [-0.15, -0.1) is 12.8 Å². The zero-order chi connectivity index (χ0) is 14.1. The van der Waals surface area contributed by atoms with Gasteiger partial charge in [-0.2, -0.15) is 0 Å². The molecule has 0 saturated carbocycles. The molecule has 2 heteroatoms. The van der Waals surface area contributed by atoms with Crippen LogP contribution in [0.25, 0.3) is 0 Å². The molecule has 0 amide bonds. The van der Waals surface area contributed by atoms with E-state index in [0.29, 0.717) is 6.42 Å². The Morgan fingerprint density at radius 1 is 1.18 bits per heavy atom. The van der Waals surface area contributed by atoms with Gasteiger partial charge in [-0.25, -0.2) is 0 Å². The number of rotatable bonds is 5. The second-order valence-corrected chi connectivity index (χ2v) is 2.75. The van der Waals surface area contributed by atoms with Crippen molar-refractivity contribution in [2.24, 2.45) is 0 Å². The van der Waals surface area contributed by atoms with Crippen molar-refractivity contribution in [3.05, 3.63) is 23.8 Å². The molecule has 0 saturated heterocycles. The molecular formula is C15H26O2. The van der Waals surface area contributed by atoms with Crippen LogP contribution in [0.3, 0.4) is 0 Å². The van der Waals surface area contributed by atoms with Gasteiger partial charge < -0.3 is 4.74 Å². The molecule has 17 heavy (non-hydrogen) atoms. The lowest BCUT2D eigenvalue weighted by Gasteiger charge is -1.99. The molecule has 0 aromatic rings. The lowest BCUT2D eigenvalue weighted by Crippen LogP contribution is -2.00. The predicted molar refractivity (Wildman–Crippen MR) is 75.7 cm³/mol. The maximum Gasteiger partial charge on any atom is 0.309 e. The zero-order valence-corrected chi connectivity index (χ0v) is 11.8. The van der Waals surface area contributed by atoms with Crippen LogP contribution in [-0.4, -0.2) is 13.1 Å². The summed E-state index contributed by atoms with van der Waals surface area (Å²) < 4.78 is 4.59. The number of hydrogen-bond acceptors (Lipinski definition) is 2. The van der Waals surface area contributed by atoms with E-state index in [0.717, 1.165) is 18.4 Å². The van der Waals surface area contributed by atoms with Crippen LogP contribution >= 0.6 is 0 Å². The monoisotopic (exact) mass is 238 g/mol. The van der Waals surface area contributed by atoms with Gasteiger partial charge in [0.05, 0.1) is 13.5 Å². The Morgan fingerprint density at radius 3 is 2.06 bits per heavy atom. The summed E-state index contributed by atoms with van der Waals surface area (Å²) in [6, 6.07) is 0. The van der Waals surface area contributed by atoms with Crippen molar-refractivity contribution in [1.82, 2.24) is 0 Å². The standard InChI is InChI=1S/C11H18O2.C2H6.C2H2/c1-4-6-8-10(7-5-2)9-11(12)13-3;2*1-2/h6-8H,4-5,9H2,1-3H3;1-2H3;1-2H/b8-6-,10-7+;;. The Balaban J connectivity index is -0.000000439. The Morgan fingerprint density at radius 2 is 1.71 bits per heavy atom. The van der Waals surface area contributed by atoms with Crippen molar-refractivity contribution in [3.63, 3.8) is 0 Å². The van der Waals surface area contributed by atoms with Gasteiger partial charge in [-0.1, -0.05) is 45.9 Å². The molecule has 0 N–H and O–H groups in total. The van der Waals surface area contributed by atoms with E-state index in [1.807, 2.05) is 32.1 Å². The Hall–Kier alpha value is -1.49. The Labute approximate surface area is 107 Å². The highest BCUT2D eigenvalue weighted by atomic mass is 16.5. The summed E-state index contributed by atoms with van der Waals surface area (Å²) in [5.41, 5.74) is 1.04. The van der Waals surface area contributed by atoms with Crippen molar-refractivity contribution in [3.8, 4) is 12.8 Å². The van der Waals surface area contributed by atoms with E-state index in [9.17, 15) is 4.79 Å². The number of carbonyl (C=O) groups is 1. The van der Waals surface area contributed by atoms with Crippen LogP contribution in [-0.2, 0) is 9.53 Å². The number of carbonyl (C=O) groups excluding carboxylic acids is 1. The molecule has 98 valence electrons. The molecule has 0 aliphatic carbocycles. The Kier molecular flexibility index (Phi) is 24.5. The van der Waals surface area contributed by atoms with E-state index >= 15 is 0 Å². The van der Waals surface area contributed by atoms with Crippen LogP contribution in [0, 0.1) is 12.8 Å². The molecule has 0 unspecified atom stereocenters. The number of hydrogen-bond donors (Lipinski definition) is 0. The summed E-state index contributed by atoms with van der Waals surface area (Å²) >= 11 is 0. The quantitative estimate of drug-likeness (QED) is 0.409. The molecule has 0 bridgehead atoms. The molecule has 0 aromatic heterocycles. The number of ether oxygens (including phenoxy) is 1. The highest BCUT2D eigenvalue weighted by Crippen LogP contribution is 2.06. The Bertz CT molecular complexity index is 235. The van der Waals surface area contributed by atoms with E-state index in [2.05, 4.69) is 31.4 Å². The summed E-state index contributed by atoms with van der Waals surface area (Å²) in [4.78, 5) is 11.0. The molecule has 2 nitrogen and oxygen atoms in total. The number of terminal acetylenes is 1. The van der Waals surface area contributed by atoms with Crippen molar-refractivity contribution in [2.75, 3.05) is 7.11 Å². The summed E-state index contributed by atoms with van der Waals surface area (Å²) in [7, 11) is 1.41. The normalized spacial score (nSPS) is 9.71. The molecule has 0 aliphatic heterocycles. The van der Waals surface area contributed by atoms with E-state index < -0.39 is 0 Å². The first-order chi connectivity index (χ1) is 8.24. The average Bonchev–Trinajstić information content (AvgIpc) is 2.40. The first-order valence-corrected chi connectivity index (χ1v) is 6.00. The largest absolute Gasteiger partial charge is 0.469 e. The number of esters is 1. The average molecular weight is 238 g/mol. The summed E-state index contributed by atoms with van der Waals surface area (Å²) in [6.07, 6.45) is 16.4. The van der Waals surface area contributed by atoms with Crippen LogP contribution in [0.15, 0.2) is 23.8 Å². The maximum atomic E-state index is 11.0. The van der Waals surface area contributed by atoms with E-state index in [-0.39, 0.29) is 5.97 Å².